The second kappa shape index (κ2) is 9.57. The van der Waals surface area contributed by atoms with Gasteiger partial charge in [-0.25, -0.2) is 4.72 Å². The first-order chi connectivity index (χ1) is 12.7. The van der Waals surface area contributed by atoms with Crippen LogP contribution in [0.4, 0.5) is 5.69 Å². The Morgan fingerprint density at radius 2 is 1.46 bits per heavy atom. The molecule has 0 saturated heterocycles. The standard InChI is InChI=1S/C21H22N2OS2/c1-16-6-10-20(11-7-16)25-23-15-22-18-4-3-5-19(14-18)24-26-21-12-8-17(2)9-13-21/h3-14,22-23H,15H2,1-2H3. The van der Waals surface area contributed by atoms with Gasteiger partial charge < -0.3 is 9.50 Å². The molecule has 134 valence electrons. The normalized spacial score (nSPS) is 10.5. The minimum absolute atomic E-state index is 0.660. The van der Waals surface area contributed by atoms with Crippen molar-refractivity contribution in [1.82, 2.24) is 4.72 Å². The van der Waals surface area contributed by atoms with Crippen LogP contribution in [0.3, 0.4) is 0 Å². The van der Waals surface area contributed by atoms with Gasteiger partial charge in [0.15, 0.2) is 0 Å². The molecule has 0 bridgehead atoms. The van der Waals surface area contributed by atoms with E-state index in [-0.39, 0.29) is 0 Å². The zero-order chi connectivity index (χ0) is 18.2. The summed E-state index contributed by atoms with van der Waals surface area (Å²) in [6.45, 7) is 4.83. The van der Waals surface area contributed by atoms with Gasteiger partial charge in [-0.15, -0.1) is 0 Å². The molecular formula is C21H22N2OS2. The topological polar surface area (TPSA) is 33.3 Å². The van der Waals surface area contributed by atoms with Crippen LogP contribution in [-0.2, 0) is 0 Å². The summed E-state index contributed by atoms with van der Waals surface area (Å²) < 4.78 is 9.12. The van der Waals surface area contributed by atoms with Gasteiger partial charge in [0.05, 0.1) is 18.7 Å². The molecule has 0 aliphatic carbocycles. The van der Waals surface area contributed by atoms with E-state index in [1.54, 1.807) is 11.9 Å². The predicted molar refractivity (Wildman–Crippen MR) is 113 cm³/mol. The second-order valence-electron chi connectivity index (χ2n) is 5.92. The number of benzene rings is 3. The van der Waals surface area contributed by atoms with Crippen LogP contribution in [0, 0.1) is 13.8 Å². The van der Waals surface area contributed by atoms with Gasteiger partial charge in [-0.2, -0.15) is 0 Å². The summed E-state index contributed by atoms with van der Waals surface area (Å²) in [6.07, 6.45) is 0. The van der Waals surface area contributed by atoms with E-state index < -0.39 is 0 Å². The third-order valence-corrected chi connectivity index (χ3v) is 5.20. The van der Waals surface area contributed by atoms with Crippen LogP contribution in [0.2, 0.25) is 0 Å². The smallest absolute Gasteiger partial charge is 0.139 e. The summed E-state index contributed by atoms with van der Waals surface area (Å²) in [7, 11) is 0. The Balaban J connectivity index is 1.44. The van der Waals surface area contributed by atoms with Crippen LogP contribution in [0.1, 0.15) is 11.1 Å². The Bertz CT molecular complexity index is 820. The first kappa shape index (κ1) is 18.7. The summed E-state index contributed by atoms with van der Waals surface area (Å²) >= 11 is 2.98. The minimum atomic E-state index is 0.660. The number of hydrogen-bond donors (Lipinski definition) is 2. The minimum Gasteiger partial charge on any atom is -0.421 e. The average molecular weight is 383 g/mol. The number of hydrogen-bond acceptors (Lipinski definition) is 5. The van der Waals surface area contributed by atoms with E-state index in [0.717, 1.165) is 16.3 Å². The number of nitrogens with one attached hydrogen (secondary N) is 2. The Morgan fingerprint density at radius 1 is 0.808 bits per heavy atom. The maximum Gasteiger partial charge on any atom is 0.139 e. The molecule has 26 heavy (non-hydrogen) atoms. The predicted octanol–water partition coefficient (Wildman–Crippen LogP) is 6.06. The molecule has 0 unspecified atom stereocenters. The molecule has 0 atom stereocenters. The third-order valence-electron chi connectivity index (χ3n) is 3.66. The summed E-state index contributed by atoms with van der Waals surface area (Å²) in [6, 6.07) is 24.7. The molecule has 3 aromatic rings. The average Bonchev–Trinajstić information content (AvgIpc) is 2.67. The van der Waals surface area contributed by atoms with Gasteiger partial charge in [-0.3, -0.25) is 0 Å². The van der Waals surface area contributed by atoms with Crippen LogP contribution >= 0.6 is 24.0 Å². The Morgan fingerprint density at radius 3 is 2.15 bits per heavy atom. The highest BCUT2D eigenvalue weighted by molar-refractivity contribution is 7.97. The van der Waals surface area contributed by atoms with Crippen molar-refractivity contribution in [2.45, 2.75) is 23.6 Å². The van der Waals surface area contributed by atoms with Crippen LogP contribution in [0.15, 0.2) is 82.6 Å². The molecule has 3 aromatic carbocycles. The maximum absolute atomic E-state index is 5.81. The maximum atomic E-state index is 5.81. The summed E-state index contributed by atoms with van der Waals surface area (Å²) in [5.41, 5.74) is 3.54. The van der Waals surface area contributed by atoms with Gasteiger partial charge in [0, 0.05) is 21.5 Å². The number of anilines is 1. The Kier molecular flexibility index (Phi) is 6.89. The summed E-state index contributed by atoms with van der Waals surface area (Å²) in [5.74, 6) is 0.826. The van der Waals surface area contributed by atoms with Crippen LogP contribution < -0.4 is 14.2 Å². The van der Waals surface area contributed by atoms with Gasteiger partial charge in [0.2, 0.25) is 0 Å². The third kappa shape index (κ3) is 6.02. The highest BCUT2D eigenvalue weighted by Gasteiger charge is 2.00. The Hall–Kier alpha value is -2.08. The number of aryl methyl sites for hydroxylation is 2. The monoisotopic (exact) mass is 382 g/mol. The van der Waals surface area contributed by atoms with Gasteiger partial charge in [-0.05, 0) is 62.2 Å². The Labute approximate surface area is 163 Å². The molecule has 5 heteroatoms. The van der Waals surface area contributed by atoms with E-state index in [2.05, 4.69) is 72.4 Å². The molecule has 0 heterocycles. The van der Waals surface area contributed by atoms with Crippen molar-refractivity contribution in [2.24, 2.45) is 0 Å². The molecule has 2 N–H and O–H groups in total. The van der Waals surface area contributed by atoms with E-state index >= 15 is 0 Å². The largest absolute Gasteiger partial charge is 0.421 e. The molecule has 0 radical (unpaired) electrons. The van der Waals surface area contributed by atoms with E-state index in [9.17, 15) is 0 Å². The fourth-order valence-electron chi connectivity index (χ4n) is 2.21. The van der Waals surface area contributed by atoms with Crippen molar-refractivity contribution in [2.75, 3.05) is 12.0 Å². The van der Waals surface area contributed by atoms with Crippen LogP contribution in [0.25, 0.3) is 0 Å². The summed E-state index contributed by atoms with van der Waals surface area (Å²) in [5, 5.41) is 3.35. The highest BCUT2D eigenvalue weighted by atomic mass is 32.2. The molecule has 0 aromatic heterocycles. The van der Waals surface area contributed by atoms with Crippen molar-refractivity contribution in [3.05, 3.63) is 83.9 Å². The van der Waals surface area contributed by atoms with E-state index in [0.29, 0.717) is 6.67 Å². The molecule has 0 fully saturated rings. The zero-order valence-corrected chi connectivity index (χ0v) is 16.5. The van der Waals surface area contributed by atoms with Gasteiger partial charge in [0.25, 0.3) is 0 Å². The van der Waals surface area contributed by atoms with Crippen molar-refractivity contribution in [3.63, 3.8) is 0 Å². The fraction of sp³-hybridized carbons (Fsp3) is 0.143. The SMILES string of the molecule is Cc1ccc(SNCNc2cccc(OSc3ccc(C)cc3)c2)cc1. The molecule has 0 spiro atoms. The van der Waals surface area contributed by atoms with E-state index in [4.69, 9.17) is 4.18 Å². The molecule has 0 aliphatic rings. The first-order valence-corrected chi connectivity index (χ1v) is 9.96. The molecule has 3 rings (SSSR count). The molecule has 3 nitrogen and oxygen atoms in total. The van der Waals surface area contributed by atoms with Gasteiger partial charge >= 0.3 is 0 Å². The van der Waals surface area contributed by atoms with Crippen molar-refractivity contribution in [1.29, 1.82) is 0 Å². The van der Waals surface area contributed by atoms with Crippen molar-refractivity contribution < 1.29 is 4.18 Å². The fourth-order valence-corrected chi connectivity index (χ4v) is 3.34. The van der Waals surface area contributed by atoms with Crippen LogP contribution in [-0.4, -0.2) is 6.67 Å². The quantitative estimate of drug-likeness (QED) is 0.214. The van der Waals surface area contributed by atoms with Crippen LogP contribution in [0.5, 0.6) is 5.75 Å². The molecule has 0 amide bonds. The van der Waals surface area contributed by atoms with Gasteiger partial charge in [-0.1, -0.05) is 41.5 Å². The van der Waals surface area contributed by atoms with E-state index in [1.807, 2.05) is 24.3 Å². The first-order valence-electron chi connectivity index (χ1n) is 8.40. The van der Waals surface area contributed by atoms with Gasteiger partial charge in [0.1, 0.15) is 5.75 Å². The lowest BCUT2D eigenvalue weighted by Gasteiger charge is -2.10. The lowest BCUT2D eigenvalue weighted by Crippen LogP contribution is -2.14. The van der Waals surface area contributed by atoms with Crippen molar-refractivity contribution in [3.8, 4) is 5.75 Å². The lowest BCUT2D eigenvalue weighted by molar-refractivity contribution is 0.646. The molecule has 0 saturated carbocycles. The summed E-state index contributed by atoms with van der Waals surface area (Å²) in [4.78, 5) is 2.29. The number of rotatable bonds is 8. The lowest BCUT2D eigenvalue weighted by atomic mass is 10.2. The highest BCUT2D eigenvalue weighted by Crippen LogP contribution is 2.26. The molecular weight excluding hydrogens is 360 g/mol. The second-order valence-corrected chi connectivity index (χ2v) is 7.69. The molecule has 0 aliphatic heterocycles. The van der Waals surface area contributed by atoms with Crippen molar-refractivity contribution >= 4 is 29.7 Å². The van der Waals surface area contributed by atoms with E-state index in [1.165, 1.54) is 28.1 Å². The zero-order valence-electron chi connectivity index (χ0n) is 14.9.